The van der Waals surface area contributed by atoms with Crippen molar-refractivity contribution in [2.24, 2.45) is 0 Å². The molecule has 0 aromatic heterocycles. The smallest absolute Gasteiger partial charge is 0.307 e. The van der Waals surface area contributed by atoms with Crippen LogP contribution in [0.4, 0.5) is 8.78 Å². The number of aliphatic carboxylic acids is 1. The third kappa shape index (κ3) is 5.78. The zero-order chi connectivity index (χ0) is 10.3. The molecule has 0 radical (unpaired) electrons. The van der Waals surface area contributed by atoms with Gasteiger partial charge in [-0.05, 0) is 17.7 Å². The van der Waals surface area contributed by atoms with Crippen LogP contribution in [0.2, 0.25) is 0 Å². The van der Waals surface area contributed by atoms with Gasteiger partial charge in [0, 0.05) is 0 Å². The van der Waals surface area contributed by atoms with Crippen LogP contribution in [0.1, 0.15) is 6.42 Å². The van der Waals surface area contributed by atoms with Gasteiger partial charge in [0.1, 0.15) is 12.5 Å². The fourth-order valence-electron chi connectivity index (χ4n) is 0.666. The molecule has 0 aliphatic rings. The van der Waals surface area contributed by atoms with E-state index in [0.29, 0.717) is 6.08 Å². The van der Waals surface area contributed by atoms with Crippen LogP contribution in [0.3, 0.4) is 0 Å². The van der Waals surface area contributed by atoms with E-state index in [4.69, 9.17) is 5.11 Å². The molecule has 0 aliphatic carbocycles. The Morgan fingerprint density at radius 3 is 2.54 bits per heavy atom. The second-order valence-electron chi connectivity index (χ2n) is 2.24. The summed E-state index contributed by atoms with van der Waals surface area (Å²) >= 11 is 0. The molecule has 72 valence electrons. The molecular formula is C9H10F2O2. The standard InChI is InChI=1S/C9H10F2O2/c1-2-7(6-9(12)13)5-8(11)3-4-10/h2-3,5H,1,4,6H2,(H,12,13)/b7-5+,8-3+. The number of hydrogen-bond donors (Lipinski definition) is 1. The molecule has 0 unspecified atom stereocenters. The molecule has 0 rings (SSSR count). The topological polar surface area (TPSA) is 37.3 Å². The Balaban J connectivity index is 4.46. The van der Waals surface area contributed by atoms with Crippen molar-refractivity contribution in [1.29, 1.82) is 0 Å². The molecule has 0 aromatic carbocycles. The Morgan fingerprint density at radius 2 is 2.15 bits per heavy atom. The molecule has 0 atom stereocenters. The summed E-state index contributed by atoms with van der Waals surface area (Å²) < 4.78 is 24.2. The molecule has 1 N–H and O–H groups in total. The van der Waals surface area contributed by atoms with Gasteiger partial charge in [-0.15, -0.1) is 0 Å². The lowest BCUT2D eigenvalue weighted by atomic mass is 10.1. The average Bonchev–Trinajstić information content (AvgIpc) is 2.02. The Bertz CT molecular complexity index is 254. The maximum absolute atomic E-state index is 12.6. The lowest BCUT2D eigenvalue weighted by Crippen LogP contribution is -1.95. The van der Waals surface area contributed by atoms with Crippen LogP contribution in [0.15, 0.2) is 36.2 Å². The lowest BCUT2D eigenvalue weighted by molar-refractivity contribution is -0.136. The molecule has 13 heavy (non-hydrogen) atoms. The number of carboxylic acid groups (broad SMARTS) is 1. The molecule has 0 amide bonds. The minimum absolute atomic E-state index is 0.203. The van der Waals surface area contributed by atoms with Gasteiger partial charge >= 0.3 is 5.97 Å². The van der Waals surface area contributed by atoms with E-state index in [1.807, 2.05) is 0 Å². The first kappa shape index (κ1) is 11.6. The third-order valence-electron chi connectivity index (χ3n) is 1.21. The highest BCUT2D eigenvalue weighted by molar-refractivity contribution is 5.71. The summed E-state index contributed by atoms with van der Waals surface area (Å²) in [5.74, 6) is -1.88. The Labute approximate surface area is 74.9 Å². The summed E-state index contributed by atoms with van der Waals surface area (Å²) in [4.78, 5) is 10.2. The highest BCUT2D eigenvalue weighted by atomic mass is 19.1. The van der Waals surface area contributed by atoms with Crippen molar-refractivity contribution in [2.75, 3.05) is 6.67 Å². The third-order valence-corrected chi connectivity index (χ3v) is 1.21. The molecule has 0 fully saturated rings. The predicted octanol–water partition coefficient (Wildman–Crippen LogP) is 2.40. The number of hydrogen-bond acceptors (Lipinski definition) is 1. The summed E-state index contributed by atoms with van der Waals surface area (Å²) in [6.45, 7) is 2.39. The molecule has 4 heteroatoms. The Hall–Kier alpha value is -1.45. The molecule has 0 saturated carbocycles. The summed E-state index contributed by atoms with van der Waals surface area (Å²) in [7, 11) is 0. The van der Waals surface area contributed by atoms with Gasteiger partial charge in [-0.25, -0.2) is 8.78 Å². The van der Waals surface area contributed by atoms with Gasteiger partial charge in [0.2, 0.25) is 0 Å². The summed E-state index contributed by atoms with van der Waals surface area (Å²) in [6.07, 6.45) is 2.56. The van der Waals surface area contributed by atoms with Crippen LogP contribution in [0.25, 0.3) is 0 Å². The minimum Gasteiger partial charge on any atom is -0.481 e. The molecular weight excluding hydrogens is 178 g/mol. The van der Waals surface area contributed by atoms with Crippen molar-refractivity contribution < 1.29 is 18.7 Å². The maximum atomic E-state index is 12.6. The molecule has 0 saturated heterocycles. The second-order valence-corrected chi connectivity index (χ2v) is 2.24. The van der Waals surface area contributed by atoms with Gasteiger partial charge in [-0.1, -0.05) is 12.7 Å². The number of carboxylic acids is 1. The van der Waals surface area contributed by atoms with E-state index in [9.17, 15) is 13.6 Å². The zero-order valence-corrected chi connectivity index (χ0v) is 6.96. The van der Waals surface area contributed by atoms with Crippen LogP contribution >= 0.6 is 0 Å². The van der Waals surface area contributed by atoms with Crippen LogP contribution in [0.5, 0.6) is 0 Å². The van der Waals surface area contributed by atoms with Crippen molar-refractivity contribution >= 4 is 5.97 Å². The van der Waals surface area contributed by atoms with Crippen LogP contribution < -0.4 is 0 Å². The van der Waals surface area contributed by atoms with Crippen LogP contribution in [-0.2, 0) is 4.79 Å². The first-order valence-corrected chi connectivity index (χ1v) is 3.56. The molecule has 0 bridgehead atoms. The fraction of sp³-hybridized carbons (Fsp3) is 0.222. The van der Waals surface area contributed by atoms with Gasteiger partial charge < -0.3 is 5.11 Å². The molecule has 0 aliphatic heterocycles. The molecule has 0 heterocycles. The summed E-state index contributed by atoms with van der Waals surface area (Å²) in [6, 6.07) is 0. The van der Waals surface area contributed by atoms with E-state index >= 15 is 0 Å². The van der Waals surface area contributed by atoms with Crippen LogP contribution in [-0.4, -0.2) is 17.8 Å². The van der Waals surface area contributed by atoms with Gasteiger partial charge in [0.15, 0.2) is 0 Å². The van der Waals surface area contributed by atoms with E-state index < -0.39 is 18.5 Å². The van der Waals surface area contributed by atoms with Crippen LogP contribution in [0, 0.1) is 0 Å². The van der Waals surface area contributed by atoms with Crippen molar-refractivity contribution in [1.82, 2.24) is 0 Å². The van der Waals surface area contributed by atoms with Crippen molar-refractivity contribution in [3.05, 3.63) is 36.2 Å². The lowest BCUT2D eigenvalue weighted by Gasteiger charge is -1.95. The number of allylic oxidation sites excluding steroid dienone is 4. The van der Waals surface area contributed by atoms with Gasteiger partial charge in [0.05, 0.1) is 6.42 Å². The first-order chi connectivity index (χ1) is 6.10. The van der Waals surface area contributed by atoms with Gasteiger partial charge in [0.25, 0.3) is 0 Å². The predicted molar refractivity (Wildman–Crippen MR) is 45.7 cm³/mol. The van der Waals surface area contributed by atoms with Gasteiger partial charge in [-0.3, -0.25) is 4.79 Å². The van der Waals surface area contributed by atoms with Gasteiger partial charge in [-0.2, -0.15) is 0 Å². The highest BCUT2D eigenvalue weighted by Gasteiger charge is 2.00. The Morgan fingerprint density at radius 1 is 1.54 bits per heavy atom. The quantitative estimate of drug-likeness (QED) is 0.672. The van der Waals surface area contributed by atoms with Crippen molar-refractivity contribution in [3.63, 3.8) is 0 Å². The fourth-order valence-corrected chi connectivity index (χ4v) is 0.666. The monoisotopic (exact) mass is 188 g/mol. The van der Waals surface area contributed by atoms with E-state index in [1.54, 1.807) is 0 Å². The highest BCUT2D eigenvalue weighted by Crippen LogP contribution is 2.08. The number of halogens is 2. The summed E-state index contributed by atoms with van der Waals surface area (Å²) in [5.41, 5.74) is 0.203. The summed E-state index contributed by atoms with van der Waals surface area (Å²) in [5, 5.41) is 8.35. The maximum Gasteiger partial charge on any atom is 0.307 e. The number of carbonyl (C=O) groups is 1. The SMILES string of the molecule is C=C/C(=C\C(F)=C/CF)CC(=O)O. The minimum atomic E-state index is -1.08. The zero-order valence-electron chi connectivity index (χ0n) is 6.96. The van der Waals surface area contributed by atoms with E-state index in [-0.39, 0.29) is 12.0 Å². The number of rotatable bonds is 5. The largest absolute Gasteiger partial charge is 0.481 e. The first-order valence-electron chi connectivity index (χ1n) is 3.56. The van der Waals surface area contributed by atoms with E-state index in [1.165, 1.54) is 6.08 Å². The molecule has 2 nitrogen and oxygen atoms in total. The number of alkyl halides is 1. The molecule has 0 spiro atoms. The van der Waals surface area contributed by atoms with E-state index in [2.05, 4.69) is 6.58 Å². The normalized spacial score (nSPS) is 12.8. The second kappa shape index (κ2) is 6.11. The van der Waals surface area contributed by atoms with Crippen molar-refractivity contribution in [2.45, 2.75) is 6.42 Å². The van der Waals surface area contributed by atoms with Crippen molar-refractivity contribution in [3.8, 4) is 0 Å². The molecule has 0 aromatic rings. The Kier molecular flexibility index (Phi) is 5.43. The average molecular weight is 188 g/mol. The van der Waals surface area contributed by atoms with E-state index in [0.717, 1.165) is 6.08 Å².